The molecule has 0 aromatic carbocycles. The Balaban J connectivity index is 1.70. The molecule has 0 aromatic heterocycles. The maximum Gasteiger partial charge on any atom is 0.220 e. The van der Waals surface area contributed by atoms with Crippen LogP contribution in [0.1, 0.15) is 39.0 Å². The molecule has 0 bridgehead atoms. The van der Waals surface area contributed by atoms with E-state index in [1.54, 1.807) is 0 Å². The number of piperidine rings is 2. The van der Waals surface area contributed by atoms with Crippen molar-refractivity contribution < 1.29 is 4.79 Å². The molecular formula is C14H27N3O. The predicted octanol–water partition coefficient (Wildman–Crippen LogP) is 0.975. The number of carbonyl (C=O) groups excluding carboxylic acids is 1. The Hall–Kier alpha value is -0.610. The van der Waals surface area contributed by atoms with Crippen LogP contribution in [-0.4, -0.2) is 49.6 Å². The van der Waals surface area contributed by atoms with Crippen LogP contribution in [-0.2, 0) is 4.79 Å². The summed E-state index contributed by atoms with van der Waals surface area (Å²) in [6, 6.07) is 0.973. The fraction of sp³-hybridized carbons (Fsp3) is 0.929. The van der Waals surface area contributed by atoms with E-state index in [0.29, 0.717) is 24.4 Å². The van der Waals surface area contributed by atoms with Crippen molar-refractivity contribution in [3.05, 3.63) is 0 Å². The highest BCUT2D eigenvalue weighted by molar-refractivity contribution is 5.76. The molecule has 2 saturated heterocycles. The molecule has 3 unspecified atom stereocenters. The zero-order valence-electron chi connectivity index (χ0n) is 11.7. The minimum absolute atomic E-state index is 0.255. The van der Waals surface area contributed by atoms with Crippen molar-refractivity contribution in [3.63, 3.8) is 0 Å². The van der Waals surface area contributed by atoms with Gasteiger partial charge in [-0.15, -0.1) is 0 Å². The second-order valence-corrected chi connectivity index (χ2v) is 6.03. The summed E-state index contributed by atoms with van der Waals surface area (Å²) in [6.45, 7) is 5.46. The van der Waals surface area contributed by atoms with Gasteiger partial charge < -0.3 is 15.5 Å². The lowest BCUT2D eigenvalue weighted by Gasteiger charge is -2.35. The Morgan fingerprint density at radius 2 is 2.28 bits per heavy atom. The highest BCUT2D eigenvalue weighted by atomic mass is 16.1. The minimum Gasteiger partial charge on any atom is -0.353 e. The van der Waals surface area contributed by atoms with Crippen molar-refractivity contribution in [1.29, 1.82) is 0 Å². The maximum absolute atomic E-state index is 12.0. The first kappa shape index (κ1) is 13.8. The third-order valence-electron chi connectivity index (χ3n) is 4.45. The van der Waals surface area contributed by atoms with Crippen molar-refractivity contribution in [2.75, 3.05) is 26.7 Å². The van der Waals surface area contributed by atoms with E-state index in [4.69, 9.17) is 0 Å². The summed E-state index contributed by atoms with van der Waals surface area (Å²) >= 11 is 0. The smallest absolute Gasteiger partial charge is 0.220 e. The third-order valence-corrected chi connectivity index (χ3v) is 4.45. The fourth-order valence-electron chi connectivity index (χ4n) is 3.07. The zero-order chi connectivity index (χ0) is 13.0. The van der Waals surface area contributed by atoms with Gasteiger partial charge in [0, 0.05) is 25.0 Å². The van der Waals surface area contributed by atoms with Gasteiger partial charge in [-0.1, -0.05) is 0 Å². The molecule has 2 aliphatic rings. The van der Waals surface area contributed by atoms with Gasteiger partial charge in [-0.3, -0.25) is 4.79 Å². The molecular weight excluding hydrogens is 226 g/mol. The van der Waals surface area contributed by atoms with Crippen LogP contribution in [0.4, 0.5) is 0 Å². The molecule has 3 atom stereocenters. The molecule has 4 nitrogen and oxygen atoms in total. The average Bonchev–Trinajstić information content (AvgIpc) is 2.35. The summed E-state index contributed by atoms with van der Waals surface area (Å²) in [4.78, 5) is 14.4. The van der Waals surface area contributed by atoms with Crippen LogP contribution in [0.5, 0.6) is 0 Å². The number of rotatable bonds is 3. The molecule has 1 amide bonds. The Kier molecular flexibility index (Phi) is 5.01. The van der Waals surface area contributed by atoms with Gasteiger partial charge in [-0.2, -0.15) is 0 Å². The van der Waals surface area contributed by atoms with Gasteiger partial charge in [0.1, 0.15) is 0 Å². The molecule has 2 aliphatic heterocycles. The molecule has 0 aromatic rings. The molecule has 2 N–H and O–H groups in total. The number of likely N-dealkylation sites (tertiary alicyclic amines) is 1. The van der Waals surface area contributed by atoms with E-state index < -0.39 is 0 Å². The van der Waals surface area contributed by atoms with Crippen LogP contribution in [0.15, 0.2) is 0 Å². The van der Waals surface area contributed by atoms with E-state index in [1.165, 1.54) is 12.8 Å². The molecule has 2 rings (SSSR count). The second kappa shape index (κ2) is 6.53. The fourth-order valence-corrected chi connectivity index (χ4v) is 3.07. The largest absolute Gasteiger partial charge is 0.353 e. The van der Waals surface area contributed by atoms with Crippen LogP contribution in [0.25, 0.3) is 0 Å². The molecule has 0 spiro atoms. The van der Waals surface area contributed by atoms with Crippen LogP contribution in [0.3, 0.4) is 0 Å². The number of nitrogens with zero attached hydrogens (tertiary/aromatic N) is 1. The normalized spacial score (nSPS) is 34.2. The first-order valence-corrected chi connectivity index (χ1v) is 7.35. The first-order chi connectivity index (χ1) is 8.65. The molecule has 18 heavy (non-hydrogen) atoms. The van der Waals surface area contributed by atoms with Crippen molar-refractivity contribution >= 4 is 5.91 Å². The number of hydrogen-bond donors (Lipinski definition) is 2. The van der Waals surface area contributed by atoms with Crippen molar-refractivity contribution in [2.24, 2.45) is 5.92 Å². The van der Waals surface area contributed by atoms with Crippen LogP contribution >= 0.6 is 0 Å². The first-order valence-electron chi connectivity index (χ1n) is 7.35. The molecule has 0 aliphatic carbocycles. The van der Waals surface area contributed by atoms with Gasteiger partial charge >= 0.3 is 0 Å². The minimum atomic E-state index is 0.255. The monoisotopic (exact) mass is 253 g/mol. The number of carbonyl (C=O) groups is 1. The molecule has 4 heteroatoms. The lowest BCUT2D eigenvalue weighted by Crippen LogP contribution is -2.47. The Morgan fingerprint density at radius 1 is 1.44 bits per heavy atom. The molecule has 2 heterocycles. The predicted molar refractivity (Wildman–Crippen MR) is 73.5 cm³/mol. The topological polar surface area (TPSA) is 44.4 Å². The quantitative estimate of drug-likeness (QED) is 0.788. The molecule has 2 fully saturated rings. The second-order valence-electron chi connectivity index (χ2n) is 6.03. The van der Waals surface area contributed by atoms with E-state index >= 15 is 0 Å². The zero-order valence-corrected chi connectivity index (χ0v) is 11.7. The third kappa shape index (κ3) is 3.95. The van der Waals surface area contributed by atoms with Gasteiger partial charge in [-0.25, -0.2) is 0 Å². The highest BCUT2D eigenvalue weighted by Crippen LogP contribution is 2.17. The summed E-state index contributed by atoms with van der Waals surface area (Å²) in [5.41, 5.74) is 0. The lowest BCUT2D eigenvalue weighted by atomic mass is 9.94. The number of amides is 1. The van der Waals surface area contributed by atoms with Crippen molar-refractivity contribution in [1.82, 2.24) is 15.5 Å². The standard InChI is InChI=1S/C14H27N3O/c1-11-8-13(5-7-17(11)2)16-14(18)9-12-4-3-6-15-10-12/h11-13,15H,3-10H2,1-2H3,(H,16,18). The van der Waals surface area contributed by atoms with Crippen LogP contribution in [0.2, 0.25) is 0 Å². The number of nitrogens with one attached hydrogen (secondary N) is 2. The maximum atomic E-state index is 12.0. The van der Waals surface area contributed by atoms with E-state index in [9.17, 15) is 4.79 Å². The highest BCUT2D eigenvalue weighted by Gasteiger charge is 2.25. The Bertz CT molecular complexity index is 276. The van der Waals surface area contributed by atoms with Crippen LogP contribution in [0, 0.1) is 5.92 Å². The van der Waals surface area contributed by atoms with E-state index in [0.717, 1.165) is 32.5 Å². The molecule has 104 valence electrons. The summed E-state index contributed by atoms with van der Waals surface area (Å²) in [5.74, 6) is 0.799. The number of hydrogen-bond acceptors (Lipinski definition) is 3. The summed E-state index contributed by atoms with van der Waals surface area (Å²) in [6.07, 6.45) is 5.29. The van der Waals surface area contributed by atoms with Gasteiger partial charge in [-0.05, 0) is 58.7 Å². The van der Waals surface area contributed by atoms with Gasteiger partial charge in [0.15, 0.2) is 0 Å². The molecule has 0 saturated carbocycles. The van der Waals surface area contributed by atoms with E-state index in [2.05, 4.69) is 29.5 Å². The van der Waals surface area contributed by atoms with E-state index in [-0.39, 0.29) is 5.91 Å². The van der Waals surface area contributed by atoms with Gasteiger partial charge in [0.2, 0.25) is 5.91 Å². The van der Waals surface area contributed by atoms with Gasteiger partial charge in [0.05, 0.1) is 0 Å². The Morgan fingerprint density at radius 3 is 2.94 bits per heavy atom. The summed E-state index contributed by atoms with van der Waals surface area (Å²) in [5, 5.41) is 6.59. The van der Waals surface area contributed by atoms with Crippen LogP contribution < -0.4 is 10.6 Å². The molecule has 0 radical (unpaired) electrons. The van der Waals surface area contributed by atoms with Crippen molar-refractivity contribution in [3.8, 4) is 0 Å². The summed E-state index contributed by atoms with van der Waals surface area (Å²) in [7, 11) is 2.16. The van der Waals surface area contributed by atoms with Gasteiger partial charge in [0.25, 0.3) is 0 Å². The lowest BCUT2D eigenvalue weighted by molar-refractivity contribution is -0.123. The van der Waals surface area contributed by atoms with Crippen molar-refractivity contribution in [2.45, 2.75) is 51.1 Å². The Labute approximate surface area is 110 Å². The average molecular weight is 253 g/mol. The summed E-state index contributed by atoms with van der Waals surface area (Å²) < 4.78 is 0. The van der Waals surface area contributed by atoms with E-state index in [1.807, 2.05) is 0 Å². The SMILES string of the molecule is CC1CC(NC(=O)CC2CCCNC2)CCN1C.